The van der Waals surface area contributed by atoms with Crippen LogP contribution in [0.15, 0.2) is 0 Å². The molecule has 0 bridgehead atoms. The number of hydrogen-bond acceptors (Lipinski definition) is 4. The van der Waals surface area contributed by atoms with Crippen molar-refractivity contribution in [1.29, 1.82) is 0 Å². The van der Waals surface area contributed by atoms with Gasteiger partial charge in [0, 0.05) is 0 Å². The zero-order valence-electron chi connectivity index (χ0n) is 5.84. The SMILES string of the molecule is NC(N)=O.NC(N)=S.O=[N+]([O-])O. The van der Waals surface area contributed by atoms with Gasteiger partial charge in [-0.15, -0.1) is 10.1 Å². The molecule has 0 atom stereocenters. The molecule has 0 spiro atoms. The summed E-state index contributed by atoms with van der Waals surface area (Å²) < 4.78 is 0. The second-order valence-electron chi connectivity index (χ2n) is 1.04. The molecule has 0 aliphatic rings. The number of carbonyl (C=O) groups excluding carboxylic acids is 1. The molecule has 0 aliphatic heterocycles. The highest BCUT2D eigenvalue weighted by molar-refractivity contribution is 7.80. The van der Waals surface area contributed by atoms with Crippen LogP contribution in [0, 0.1) is 10.1 Å². The third-order valence-corrected chi connectivity index (χ3v) is 0. The van der Waals surface area contributed by atoms with Crippen molar-refractivity contribution in [1.82, 2.24) is 0 Å². The smallest absolute Gasteiger partial charge is 0.309 e. The molecule has 0 aliphatic carbocycles. The van der Waals surface area contributed by atoms with Gasteiger partial charge < -0.3 is 28.1 Å². The van der Waals surface area contributed by atoms with E-state index >= 15 is 0 Å². The van der Waals surface area contributed by atoms with Crippen molar-refractivity contribution in [3.05, 3.63) is 10.1 Å². The van der Waals surface area contributed by atoms with Gasteiger partial charge in [0.1, 0.15) is 0 Å². The Morgan fingerprint density at radius 3 is 1.33 bits per heavy atom. The van der Waals surface area contributed by atoms with E-state index in [0.717, 1.165) is 0 Å². The zero-order valence-corrected chi connectivity index (χ0v) is 6.65. The molecule has 0 heterocycles. The van der Waals surface area contributed by atoms with E-state index in [1.807, 2.05) is 0 Å². The van der Waals surface area contributed by atoms with E-state index in [0.29, 0.717) is 0 Å². The van der Waals surface area contributed by atoms with Crippen LogP contribution in [0.4, 0.5) is 4.79 Å². The molecule has 0 saturated heterocycles. The van der Waals surface area contributed by atoms with Gasteiger partial charge in [-0.2, -0.15) is 0 Å². The molecule has 0 rings (SSSR count). The third kappa shape index (κ3) is 124. The molecule has 10 heteroatoms. The minimum Gasteiger partial charge on any atom is -0.377 e. The average molecular weight is 199 g/mol. The first kappa shape index (κ1) is 16.6. The molecule has 2 amide bonds. The Morgan fingerprint density at radius 1 is 1.33 bits per heavy atom. The molecule has 0 aromatic rings. The maximum atomic E-state index is 9.00. The van der Waals surface area contributed by atoms with Gasteiger partial charge in [-0.3, -0.25) is 0 Å². The first-order valence-corrected chi connectivity index (χ1v) is 2.54. The maximum Gasteiger partial charge on any atom is 0.309 e. The molecule has 72 valence electrons. The highest BCUT2D eigenvalue weighted by atomic mass is 32.1. The van der Waals surface area contributed by atoms with Gasteiger partial charge in [0.2, 0.25) is 0 Å². The third-order valence-electron chi connectivity index (χ3n) is 0. The quantitative estimate of drug-likeness (QED) is 0.167. The van der Waals surface area contributed by atoms with Crippen LogP contribution in [0.5, 0.6) is 0 Å². The predicted octanol–water partition coefficient (Wildman–Crippen LogP) is -2.14. The van der Waals surface area contributed by atoms with Crippen molar-refractivity contribution in [3.63, 3.8) is 0 Å². The molecule has 0 unspecified atom stereocenters. The fourth-order valence-corrected chi connectivity index (χ4v) is 0. The highest BCUT2D eigenvalue weighted by Crippen LogP contribution is 1.38. The lowest BCUT2D eigenvalue weighted by Crippen LogP contribution is -2.18. The Hall–Kier alpha value is -1.84. The number of rotatable bonds is 0. The normalized spacial score (nSPS) is 6.00. The first-order chi connectivity index (χ1) is 5.20. The van der Waals surface area contributed by atoms with Gasteiger partial charge >= 0.3 is 6.03 Å². The van der Waals surface area contributed by atoms with Gasteiger partial charge in [-0.1, -0.05) is 0 Å². The van der Waals surface area contributed by atoms with Crippen LogP contribution in [-0.2, 0) is 0 Å². The first-order valence-electron chi connectivity index (χ1n) is 2.13. The summed E-state index contributed by atoms with van der Waals surface area (Å²) in [6.07, 6.45) is 0. The topological polar surface area (TPSA) is 185 Å². The fourth-order valence-electron chi connectivity index (χ4n) is 0. The number of nitrogens with zero attached hydrogens (tertiary/aromatic N) is 1. The van der Waals surface area contributed by atoms with Crippen LogP contribution in [0.25, 0.3) is 0 Å². The van der Waals surface area contributed by atoms with E-state index in [4.69, 9.17) is 20.1 Å². The van der Waals surface area contributed by atoms with Crippen molar-refractivity contribution in [2.24, 2.45) is 22.9 Å². The van der Waals surface area contributed by atoms with Gasteiger partial charge in [0.05, 0.1) is 0 Å². The van der Waals surface area contributed by atoms with E-state index in [1.54, 1.807) is 0 Å². The van der Waals surface area contributed by atoms with Crippen molar-refractivity contribution in [3.8, 4) is 0 Å². The van der Waals surface area contributed by atoms with Crippen molar-refractivity contribution in [2.75, 3.05) is 0 Å². The molecule has 12 heavy (non-hydrogen) atoms. The Morgan fingerprint density at radius 2 is 1.33 bits per heavy atom. The average Bonchev–Trinajstić information content (AvgIpc) is 1.54. The molecule has 9 N–H and O–H groups in total. The van der Waals surface area contributed by atoms with E-state index in [1.165, 1.54) is 0 Å². The number of thiocarbonyl (C=S) groups is 1. The monoisotopic (exact) mass is 199 g/mol. The van der Waals surface area contributed by atoms with Crippen LogP contribution in [0.1, 0.15) is 0 Å². The second kappa shape index (κ2) is 11.9. The van der Waals surface area contributed by atoms with Crippen molar-refractivity contribution < 1.29 is 15.1 Å². The second-order valence-corrected chi connectivity index (χ2v) is 1.51. The van der Waals surface area contributed by atoms with Crippen LogP contribution >= 0.6 is 12.2 Å². The minimum absolute atomic E-state index is 0.000000000000000222. The summed E-state index contributed by atoms with van der Waals surface area (Å²) in [6.45, 7) is 0. The molecule has 0 radical (unpaired) electrons. The number of primary amides is 2. The van der Waals surface area contributed by atoms with Crippen molar-refractivity contribution >= 4 is 23.4 Å². The molecule has 0 aromatic heterocycles. The number of urea groups is 1. The minimum atomic E-state index is -1.50. The van der Waals surface area contributed by atoms with Crippen LogP contribution in [0.2, 0.25) is 0 Å². The highest BCUT2D eigenvalue weighted by Gasteiger charge is 1.65. The fraction of sp³-hybridized carbons (Fsp3) is 0. The van der Waals surface area contributed by atoms with E-state index < -0.39 is 11.1 Å². The lowest BCUT2D eigenvalue weighted by Gasteiger charge is -1.68. The van der Waals surface area contributed by atoms with E-state index in [2.05, 4.69) is 35.2 Å². The summed E-state index contributed by atoms with van der Waals surface area (Å²) in [6, 6.07) is -0.833. The van der Waals surface area contributed by atoms with Gasteiger partial charge in [-0.25, -0.2) is 4.79 Å². The zero-order chi connectivity index (χ0) is 10.7. The van der Waals surface area contributed by atoms with Gasteiger partial charge in [0.15, 0.2) is 5.11 Å². The van der Waals surface area contributed by atoms with Crippen molar-refractivity contribution in [2.45, 2.75) is 0 Å². The Bertz CT molecular complexity index is 119. The number of hydrogen-bond donors (Lipinski definition) is 5. The lowest BCUT2D eigenvalue weighted by atomic mass is 11.2. The van der Waals surface area contributed by atoms with E-state index in [-0.39, 0.29) is 5.11 Å². The van der Waals surface area contributed by atoms with E-state index in [9.17, 15) is 0 Å². The number of carbonyl (C=O) groups is 1. The van der Waals surface area contributed by atoms with Crippen LogP contribution in [0.3, 0.4) is 0 Å². The molecule has 0 saturated carbocycles. The van der Waals surface area contributed by atoms with Gasteiger partial charge in [-0.05, 0) is 12.2 Å². The summed E-state index contributed by atoms with van der Waals surface area (Å²) in [4.78, 5) is 17.4. The molecule has 9 nitrogen and oxygen atoms in total. The summed E-state index contributed by atoms with van der Waals surface area (Å²) in [7, 11) is 0. The molecule has 0 aromatic carbocycles. The van der Waals surface area contributed by atoms with Gasteiger partial charge in [0.25, 0.3) is 5.09 Å². The predicted molar refractivity (Wildman–Crippen MR) is 43.5 cm³/mol. The standard InChI is InChI=1S/CH4N2O.CH4N2S.HNO3/c3*2-1(3)4/h2*(H4,2,3,4);(H,2,3,4). The summed E-state index contributed by atoms with van der Waals surface area (Å²) in [5.74, 6) is 0. The lowest BCUT2D eigenvalue weighted by molar-refractivity contribution is -0.742. The van der Waals surface area contributed by atoms with Crippen LogP contribution in [-0.4, -0.2) is 21.4 Å². The largest absolute Gasteiger partial charge is 0.377 e. The Balaban J connectivity index is -0.000000101. The van der Waals surface area contributed by atoms with Crippen LogP contribution < -0.4 is 22.9 Å². The molecular weight excluding hydrogens is 190 g/mol. The number of amides is 2. The summed E-state index contributed by atoms with van der Waals surface area (Å²) in [5.41, 5.74) is 17.7. The maximum absolute atomic E-state index is 9.00. The molecule has 0 fully saturated rings. The Labute approximate surface area is 72.4 Å². The summed E-state index contributed by atoms with van der Waals surface area (Å²) in [5, 5.41) is 13.6. The molecular formula is C2H9N5O4S. The summed E-state index contributed by atoms with van der Waals surface area (Å²) >= 11 is 4.09. The Kier molecular flexibility index (Phi) is 16.5. The number of nitrogens with two attached hydrogens (primary N) is 4.